The lowest BCUT2D eigenvalue weighted by atomic mass is 9.93. The number of hydrogen-bond donors (Lipinski definition) is 3. The van der Waals surface area contributed by atoms with Gasteiger partial charge in [-0.25, -0.2) is 9.97 Å². The molecule has 0 spiro atoms. The fourth-order valence-electron chi connectivity index (χ4n) is 7.77. The number of aliphatic hydroxyl groups is 1. The highest BCUT2D eigenvalue weighted by Crippen LogP contribution is 2.33. The summed E-state index contributed by atoms with van der Waals surface area (Å²) in [5.41, 5.74) is 2.86. The minimum absolute atomic E-state index is 0.0336. The molecule has 1 saturated heterocycles. The van der Waals surface area contributed by atoms with Gasteiger partial charge in [-0.05, 0) is 49.7 Å². The Balaban J connectivity index is 1.00. The molecule has 1 saturated carbocycles. The number of fused-ring (bicyclic) bond motifs is 1. The zero-order valence-electron chi connectivity index (χ0n) is 34.9. The second kappa shape index (κ2) is 24.1. The van der Waals surface area contributed by atoms with Gasteiger partial charge in [0, 0.05) is 45.0 Å². The molecule has 4 aromatic rings. The molecule has 332 valence electrons. The summed E-state index contributed by atoms with van der Waals surface area (Å²) in [5, 5.41) is 28.1. The van der Waals surface area contributed by atoms with Crippen molar-refractivity contribution >= 4 is 56.7 Å². The second-order valence-corrected chi connectivity index (χ2v) is 15.4. The van der Waals surface area contributed by atoms with Gasteiger partial charge in [0.1, 0.15) is 12.1 Å². The smallest absolute Gasteiger partial charge is 0.295 e. The molecule has 3 aromatic heterocycles. The Morgan fingerprint density at radius 3 is 2.35 bits per heavy atom. The molecule has 2 atom stereocenters. The maximum absolute atomic E-state index is 13.8. The van der Waals surface area contributed by atoms with Gasteiger partial charge >= 0.3 is 0 Å². The molecule has 6 rings (SSSR count). The largest absolute Gasteiger partial charge is 0.494 e. The monoisotopic (exact) mass is 967 g/mol. The van der Waals surface area contributed by atoms with Gasteiger partial charge in [-0.1, -0.05) is 52.9 Å². The summed E-state index contributed by atoms with van der Waals surface area (Å²) in [6.45, 7) is 5.75. The molecule has 2 unspecified atom stereocenters. The van der Waals surface area contributed by atoms with E-state index in [2.05, 4.69) is 58.9 Å². The predicted molar refractivity (Wildman–Crippen MR) is 236 cm³/mol. The third-order valence-electron chi connectivity index (χ3n) is 10.9. The van der Waals surface area contributed by atoms with Crippen molar-refractivity contribution in [1.82, 2.24) is 39.8 Å². The third kappa shape index (κ3) is 12.2. The number of hydrogen-bond acceptors (Lipinski definition) is 14. The normalized spacial score (nSPS) is 16.5. The summed E-state index contributed by atoms with van der Waals surface area (Å²) in [4.78, 5) is 56.0. The number of aromatic nitrogens is 5. The van der Waals surface area contributed by atoms with Crippen LogP contribution in [0.25, 0.3) is 22.3 Å². The average molecular weight is 968 g/mol. The maximum atomic E-state index is 13.8. The molecule has 2 aliphatic rings. The quantitative estimate of drug-likeness (QED) is 0.0228. The van der Waals surface area contributed by atoms with E-state index in [0.29, 0.717) is 119 Å². The van der Waals surface area contributed by atoms with Crippen LogP contribution in [-0.2, 0) is 23.7 Å². The lowest BCUT2D eigenvalue weighted by Gasteiger charge is -2.31. The number of alkyl halides is 1. The lowest BCUT2D eigenvalue weighted by Crippen LogP contribution is -2.43. The van der Waals surface area contributed by atoms with Gasteiger partial charge < -0.3 is 44.0 Å². The molecule has 2 fully saturated rings. The topological polar surface area (TPSA) is 219 Å². The molecule has 0 bridgehead atoms. The number of aromatic amines is 1. The van der Waals surface area contributed by atoms with E-state index in [0.717, 1.165) is 30.4 Å². The molecule has 2 amide bonds. The molecular weight excluding hydrogens is 913 g/mol. The van der Waals surface area contributed by atoms with Gasteiger partial charge in [0.25, 0.3) is 17.6 Å². The number of ether oxygens (including phenoxy) is 5. The van der Waals surface area contributed by atoms with Gasteiger partial charge in [-0.2, -0.15) is 9.94 Å². The first-order valence-corrected chi connectivity index (χ1v) is 22.4. The van der Waals surface area contributed by atoms with Crippen molar-refractivity contribution < 1.29 is 43.2 Å². The number of likely N-dealkylation sites (tertiary alicyclic amines) is 1. The highest BCUT2D eigenvalue weighted by molar-refractivity contribution is 14.1. The fourth-order valence-corrected chi connectivity index (χ4v) is 8.08. The Morgan fingerprint density at radius 2 is 1.69 bits per heavy atom. The Kier molecular flexibility index (Phi) is 18.2. The SMILES string of the molecule is COc1cnc(-n2cnc(C(=O)NCCCN(CCOCCOCCOCCOCI)C3CCCC3O)n2)c2[nH]cc(C(=O)C(=O)N3CCC(=C(C#N)c4ccccc4)CC3)c12. The van der Waals surface area contributed by atoms with Crippen molar-refractivity contribution in [3.8, 4) is 17.6 Å². The van der Waals surface area contributed by atoms with Crippen LogP contribution in [0.1, 0.15) is 65.1 Å². The number of rotatable bonds is 24. The highest BCUT2D eigenvalue weighted by atomic mass is 127. The number of piperidine rings is 1. The molecule has 0 radical (unpaired) electrons. The number of Topliss-reactive ketones (excluding diaryl/α,β-unsaturated/α-hetero) is 1. The molecule has 1 aliphatic carbocycles. The van der Waals surface area contributed by atoms with Gasteiger partial charge in [0.05, 0.1) is 98.4 Å². The van der Waals surface area contributed by atoms with Crippen LogP contribution in [0.2, 0.25) is 0 Å². The molecular formula is C43H54IN9O9. The van der Waals surface area contributed by atoms with Gasteiger partial charge in [0.15, 0.2) is 5.82 Å². The number of amides is 2. The van der Waals surface area contributed by atoms with Crippen molar-refractivity contribution in [2.45, 2.75) is 50.7 Å². The van der Waals surface area contributed by atoms with Gasteiger partial charge in [-0.3, -0.25) is 19.3 Å². The van der Waals surface area contributed by atoms with E-state index in [1.54, 1.807) is 0 Å². The Labute approximate surface area is 374 Å². The first-order chi connectivity index (χ1) is 30.3. The van der Waals surface area contributed by atoms with E-state index >= 15 is 0 Å². The summed E-state index contributed by atoms with van der Waals surface area (Å²) < 4.78 is 29.6. The summed E-state index contributed by atoms with van der Waals surface area (Å²) in [5.74, 6) is -1.40. The van der Waals surface area contributed by atoms with Crippen molar-refractivity contribution in [3.63, 3.8) is 0 Å². The van der Waals surface area contributed by atoms with Gasteiger partial charge in [0.2, 0.25) is 5.82 Å². The molecule has 3 N–H and O–H groups in total. The van der Waals surface area contributed by atoms with Gasteiger partial charge in [-0.15, -0.1) is 5.10 Å². The Bertz CT molecular complexity index is 2160. The number of carbonyl (C=O) groups excluding carboxylic acids is 3. The number of H-pyrrole nitrogens is 1. The number of aliphatic hydroxyl groups excluding tert-OH is 1. The molecule has 4 heterocycles. The Hall–Kier alpha value is -4.82. The van der Waals surface area contributed by atoms with E-state index in [1.807, 2.05) is 30.3 Å². The second-order valence-electron chi connectivity index (χ2n) is 14.8. The molecule has 1 aromatic carbocycles. The van der Waals surface area contributed by atoms with Crippen LogP contribution in [0.15, 0.2) is 54.6 Å². The number of pyridine rings is 1. The first kappa shape index (κ1) is 46.7. The van der Waals surface area contributed by atoms with Crippen molar-refractivity contribution in [1.29, 1.82) is 5.26 Å². The number of halogens is 1. The number of nitrogens with zero attached hydrogens (tertiary/aromatic N) is 7. The number of methoxy groups -OCH3 is 1. The minimum Gasteiger partial charge on any atom is -0.494 e. The van der Waals surface area contributed by atoms with E-state index < -0.39 is 23.7 Å². The summed E-state index contributed by atoms with van der Waals surface area (Å²) in [7, 11) is 1.44. The van der Waals surface area contributed by atoms with Crippen LogP contribution >= 0.6 is 22.6 Å². The van der Waals surface area contributed by atoms with E-state index in [9.17, 15) is 24.8 Å². The highest BCUT2D eigenvalue weighted by Gasteiger charge is 2.32. The zero-order valence-corrected chi connectivity index (χ0v) is 37.1. The van der Waals surface area contributed by atoms with Crippen LogP contribution < -0.4 is 10.1 Å². The number of ketones is 1. The molecule has 18 nitrogen and oxygen atoms in total. The number of nitriles is 1. The van der Waals surface area contributed by atoms with E-state index in [4.69, 9.17) is 23.7 Å². The molecule has 62 heavy (non-hydrogen) atoms. The maximum Gasteiger partial charge on any atom is 0.295 e. The fraction of sp³-hybridized carbons (Fsp3) is 0.512. The standard InChI is InChI=1S/C43H54IN9O9/c1-58-36-27-48-41(38-37(36)33(26-47-38)39(55)43(57)52-15-11-31(12-16-52)32(25-45)30-7-3-2-4-8-30)53-29-49-40(50-53)42(56)46-13-6-14-51(34-9-5-10-35(34)54)17-18-59-19-20-60-21-22-61-23-24-62-28-44/h2-4,7-8,26-27,29,34-35,47,54H,5-6,9-24,28H2,1H3,(H,46,56). The lowest BCUT2D eigenvalue weighted by molar-refractivity contribution is -0.126. The van der Waals surface area contributed by atoms with Crippen LogP contribution in [0.3, 0.4) is 0 Å². The van der Waals surface area contributed by atoms with E-state index in [1.165, 1.54) is 35.4 Å². The first-order valence-electron chi connectivity index (χ1n) is 20.9. The molecule has 19 heteroatoms. The van der Waals surface area contributed by atoms with Crippen LogP contribution in [0.5, 0.6) is 5.75 Å². The van der Waals surface area contributed by atoms with E-state index in [-0.39, 0.29) is 29.0 Å². The van der Waals surface area contributed by atoms with Crippen molar-refractivity contribution in [3.05, 3.63) is 71.6 Å². The van der Waals surface area contributed by atoms with Crippen LogP contribution in [0, 0.1) is 11.3 Å². The van der Waals surface area contributed by atoms with Crippen molar-refractivity contribution in [2.24, 2.45) is 0 Å². The summed E-state index contributed by atoms with van der Waals surface area (Å²) in [6, 6.07) is 11.8. The van der Waals surface area contributed by atoms with Crippen molar-refractivity contribution in [2.75, 3.05) is 90.7 Å². The average Bonchev–Trinajstić information content (AvgIpc) is 4.08. The Morgan fingerprint density at radius 1 is 0.984 bits per heavy atom. The zero-order chi connectivity index (χ0) is 43.7. The number of allylic oxidation sites excluding steroid dienone is 1. The number of carbonyl (C=O) groups is 3. The summed E-state index contributed by atoms with van der Waals surface area (Å²) >= 11 is 2.15. The number of benzene rings is 1. The van der Waals surface area contributed by atoms with Crippen LogP contribution in [0.4, 0.5) is 0 Å². The minimum atomic E-state index is -0.717. The van der Waals surface area contributed by atoms with Crippen LogP contribution in [-0.4, -0.2) is 160 Å². The number of nitrogens with one attached hydrogen (secondary N) is 2. The third-order valence-corrected chi connectivity index (χ3v) is 11.4. The summed E-state index contributed by atoms with van der Waals surface area (Å²) in [6.07, 6.45) is 8.03. The predicted octanol–water partition coefficient (Wildman–Crippen LogP) is 3.73. The molecule has 1 aliphatic heterocycles.